The first kappa shape index (κ1) is 8.49. The Kier molecular flexibility index (Phi) is 2.84. The first-order chi connectivity index (χ1) is 5.24. The number of rotatable bonds is 2. The molecular weight excluding hydrogens is 144 g/mol. The standard InChI is InChI=1S/C7H14N2O2/c1-11-9-7(10)5-2-3-6(8)4-5/h5-6H,2-4,8H2,1H3,(H,9,10). The summed E-state index contributed by atoms with van der Waals surface area (Å²) < 4.78 is 0. The van der Waals surface area contributed by atoms with Gasteiger partial charge in [0.2, 0.25) is 5.91 Å². The molecule has 4 heteroatoms. The Labute approximate surface area is 66.0 Å². The molecule has 1 fully saturated rings. The van der Waals surface area contributed by atoms with Crippen LogP contribution < -0.4 is 11.2 Å². The van der Waals surface area contributed by atoms with Crippen molar-refractivity contribution in [3.05, 3.63) is 0 Å². The maximum atomic E-state index is 11.1. The predicted molar refractivity (Wildman–Crippen MR) is 40.5 cm³/mol. The van der Waals surface area contributed by atoms with Crippen LogP contribution in [0.2, 0.25) is 0 Å². The van der Waals surface area contributed by atoms with Gasteiger partial charge >= 0.3 is 0 Å². The van der Waals surface area contributed by atoms with E-state index >= 15 is 0 Å². The van der Waals surface area contributed by atoms with E-state index in [0.29, 0.717) is 0 Å². The van der Waals surface area contributed by atoms with Gasteiger partial charge in [-0.15, -0.1) is 0 Å². The highest BCUT2D eigenvalue weighted by atomic mass is 16.6. The molecule has 0 radical (unpaired) electrons. The Hall–Kier alpha value is -0.610. The molecule has 2 unspecified atom stereocenters. The highest BCUT2D eigenvalue weighted by Gasteiger charge is 2.27. The van der Waals surface area contributed by atoms with E-state index in [1.807, 2.05) is 0 Å². The zero-order valence-electron chi connectivity index (χ0n) is 6.67. The van der Waals surface area contributed by atoms with E-state index in [1.165, 1.54) is 7.11 Å². The number of carbonyl (C=O) groups is 1. The molecule has 11 heavy (non-hydrogen) atoms. The molecule has 0 saturated heterocycles. The smallest absolute Gasteiger partial charge is 0.246 e. The lowest BCUT2D eigenvalue weighted by Crippen LogP contribution is -2.29. The van der Waals surface area contributed by atoms with Gasteiger partial charge in [0.25, 0.3) is 0 Å². The first-order valence-electron chi connectivity index (χ1n) is 3.82. The minimum atomic E-state index is -0.0412. The summed E-state index contributed by atoms with van der Waals surface area (Å²) in [6.07, 6.45) is 2.62. The fourth-order valence-corrected chi connectivity index (χ4v) is 1.44. The van der Waals surface area contributed by atoms with Crippen molar-refractivity contribution in [1.29, 1.82) is 0 Å². The lowest BCUT2D eigenvalue weighted by molar-refractivity contribution is -0.135. The number of hydrogen-bond acceptors (Lipinski definition) is 3. The SMILES string of the molecule is CONC(=O)C1CCC(N)C1. The van der Waals surface area contributed by atoms with Crippen molar-refractivity contribution in [1.82, 2.24) is 5.48 Å². The van der Waals surface area contributed by atoms with Crippen LogP contribution in [-0.2, 0) is 9.63 Å². The third-order valence-electron chi connectivity index (χ3n) is 2.05. The van der Waals surface area contributed by atoms with Crippen molar-refractivity contribution in [3.63, 3.8) is 0 Å². The Balaban J connectivity index is 2.31. The van der Waals surface area contributed by atoms with E-state index in [2.05, 4.69) is 10.3 Å². The molecule has 0 aromatic carbocycles. The van der Waals surface area contributed by atoms with Gasteiger partial charge < -0.3 is 5.73 Å². The molecule has 3 N–H and O–H groups in total. The zero-order chi connectivity index (χ0) is 8.27. The van der Waals surface area contributed by atoms with Crippen LogP contribution in [0.1, 0.15) is 19.3 Å². The van der Waals surface area contributed by atoms with Crippen LogP contribution in [0.5, 0.6) is 0 Å². The first-order valence-corrected chi connectivity index (χ1v) is 3.82. The summed E-state index contributed by atoms with van der Waals surface area (Å²) in [4.78, 5) is 15.6. The molecule has 0 bridgehead atoms. The molecule has 1 amide bonds. The van der Waals surface area contributed by atoms with Crippen molar-refractivity contribution < 1.29 is 9.63 Å². The van der Waals surface area contributed by atoms with Gasteiger partial charge in [0, 0.05) is 12.0 Å². The van der Waals surface area contributed by atoms with Crippen LogP contribution in [0.4, 0.5) is 0 Å². The van der Waals surface area contributed by atoms with Crippen molar-refractivity contribution in [2.75, 3.05) is 7.11 Å². The Morgan fingerprint density at radius 2 is 2.36 bits per heavy atom. The molecular formula is C7H14N2O2. The van der Waals surface area contributed by atoms with E-state index in [1.54, 1.807) is 0 Å². The molecule has 64 valence electrons. The third-order valence-corrected chi connectivity index (χ3v) is 2.05. The summed E-state index contributed by atoms with van der Waals surface area (Å²) >= 11 is 0. The number of nitrogens with two attached hydrogens (primary N) is 1. The second-order valence-electron chi connectivity index (χ2n) is 2.94. The molecule has 1 rings (SSSR count). The fraction of sp³-hybridized carbons (Fsp3) is 0.857. The molecule has 0 aliphatic heterocycles. The van der Waals surface area contributed by atoms with E-state index in [-0.39, 0.29) is 17.9 Å². The highest BCUT2D eigenvalue weighted by Crippen LogP contribution is 2.23. The summed E-state index contributed by atoms with van der Waals surface area (Å²) in [5.41, 5.74) is 7.95. The van der Waals surface area contributed by atoms with Gasteiger partial charge in [-0.25, -0.2) is 5.48 Å². The van der Waals surface area contributed by atoms with Crippen LogP contribution >= 0.6 is 0 Å². The summed E-state index contributed by atoms with van der Waals surface area (Å²) in [6, 6.07) is 0.197. The number of amides is 1. The molecule has 1 saturated carbocycles. The Morgan fingerprint density at radius 1 is 1.64 bits per heavy atom. The second-order valence-corrected chi connectivity index (χ2v) is 2.94. The lowest BCUT2D eigenvalue weighted by atomic mass is 10.1. The van der Waals surface area contributed by atoms with Crippen molar-refractivity contribution >= 4 is 5.91 Å². The lowest BCUT2D eigenvalue weighted by Gasteiger charge is -2.07. The van der Waals surface area contributed by atoms with Gasteiger partial charge in [0.1, 0.15) is 0 Å². The van der Waals surface area contributed by atoms with Gasteiger partial charge in [-0.3, -0.25) is 9.63 Å². The van der Waals surface area contributed by atoms with Crippen molar-refractivity contribution in [3.8, 4) is 0 Å². The highest BCUT2D eigenvalue weighted by molar-refractivity contribution is 5.77. The zero-order valence-corrected chi connectivity index (χ0v) is 6.67. The molecule has 4 nitrogen and oxygen atoms in total. The molecule has 1 aliphatic carbocycles. The Morgan fingerprint density at radius 3 is 2.82 bits per heavy atom. The number of hydrogen-bond donors (Lipinski definition) is 2. The molecule has 0 spiro atoms. The van der Waals surface area contributed by atoms with Crippen LogP contribution in [-0.4, -0.2) is 19.1 Å². The van der Waals surface area contributed by atoms with Crippen molar-refractivity contribution in [2.24, 2.45) is 11.7 Å². The number of carbonyl (C=O) groups excluding carboxylic acids is 1. The quantitative estimate of drug-likeness (QED) is 0.546. The minimum Gasteiger partial charge on any atom is -0.328 e. The van der Waals surface area contributed by atoms with Crippen LogP contribution in [0.15, 0.2) is 0 Å². The van der Waals surface area contributed by atoms with Crippen LogP contribution in [0.25, 0.3) is 0 Å². The van der Waals surface area contributed by atoms with Crippen LogP contribution in [0, 0.1) is 5.92 Å². The number of nitrogens with one attached hydrogen (secondary N) is 1. The van der Waals surface area contributed by atoms with E-state index in [4.69, 9.17) is 5.73 Å². The Bertz CT molecular complexity index is 149. The maximum absolute atomic E-state index is 11.1. The second kappa shape index (κ2) is 3.69. The average Bonchev–Trinajstić information content (AvgIpc) is 2.36. The van der Waals surface area contributed by atoms with Gasteiger partial charge in [-0.2, -0.15) is 0 Å². The summed E-state index contributed by atoms with van der Waals surface area (Å²) in [7, 11) is 1.44. The van der Waals surface area contributed by atoms with Crippen LogP contribution in [0.3, 0.4) is 0 Å². The summed E-state index contributed by atoms with van der Waals surface area (Å²) in [6.45, 7) is 0. The molecule has 1 aliphatic rings. The maximum Gasteiger partial charge on any atom is 0.246 e. The third kappa shape index (κ3) is 2.17. The minimum absolute atomic E-state index is 0.0412. The summed E-state index contributed by atoms with van der Waals surface area (Å²) in [5.74, 6) is 0.0189. The average molecular weight is 158 g/mol. The monoisotopic (exact) mass is 158 g/mol. The van der Waals surface area contributed by atoms with Gasteiger partial charge in [-0.1, -0.05) is 0 Å². The van der Waals surface area contributed by atoms with Crippen molar-refractivity contribution in [2.45, 2.75) is 25.3 Å². The molecule has 0 aromatic heterocycles. The normalized spacial score (nSPS) is 30.4. The number of hydroxylamine groups is 1. The largest absolute Gasteiger partial charge is 0.328 e. The fourth-order valence-electron chi connectivity index (χ4n) is 1.44. The topological polar surface area (TPSA) is 64.3 Å². The molecule has 0 heterocycles. The summed E-state index contributed by atoms with van der Waals surface area (Å²) in [5, 5.41) is 0. The van der Waals surface area contributed by atoms with Gasteiger partial charge in [0.15, 0.2) is 0 Å². The van der Waals surface area contributed by atoms with E-state index in [9.17, 15) is 4.79 Å². The molecule has 0 aromatic rings. The van der Waals surface area contributed by atoms with Gasteiger partial charge in [-0.05, 0) is 19.3 Å². The van der Waals surface area contributed by atoms with Gasteiger partial charge in [0.05, 0.1) is 7.11 Å². The van der Waals surface area contributed by atoms with E-state index in [0.717, 1.165) is 19.3 Å². The predicted octanol–water partition coefficient (Wildman–Crippen LogP) is -0.209. The van der Waals surface area contributed by atoms with E-state index < -0.39 is 0 Å². The molecule has 2 atom stereocenters.